The zero-order valence-corrected chi connectivity index (χ0v) is 13.4. The van der Waals surface area contributed by atoms with Crippen LogP contribution in [0.25, 0.3) is 22.1 Å². The smallest absolute Gasteiger partial charge is 0.200 e. The zero-order chi connectivity index (χ0) is 15.8. The van der Waals surface area contributed by atoms with Gasteiger partial charge >= 0.3 is 0 Å². The van der Waals surface area contributed by atoms with E-state index in [2.05, 4.69) is 96.0 Å². The second-order valence-electron chi connectivity index (χ2n) is 5.85. The van der Waals surface area contributed by atoms with E-state index >= 15 is 0 Å². The molecule has 0 aliphatic rings. The molecule has 0 spiro atoms. The van der Waals surface area contributed by atoms with Crippen molar-refractivity contribution in [1.29, 1.82) is 0 Å². The van der Waals surface area contributed by atoms with Crippen molar-refractivity contribution in [2.45, 2.75) is 13.8 Å². The SMILES string of the molecule is Cc1c(-[n+]2ccn(-c3ccccc3)c2C)ccc2ccccc12. The highest BCUT2D eigenvalue weighted by Crippen LogP contribution is 2.22. The van der Waals surface area contributed by atoms with Gasteiger partial charge in [0, 0.05) is 12.5 Å². The van der Waals surface area contributed by atoms with E-state index in [1.165, 1.54) is 33.5 Å². The van der Waals surface area contributed by atoms with Gasteiger partial charge < -0.3 is 0 Å². The van der Waals surface area contributed by atoms with Gasteiger partial charge in [0.1, 0.15) is 23.8 Å². The fraction of sp³-hybridized carbons (Fsp3) is 0.0952. The molecule has 2 nitrogen and oxygen atoms in total. The standard InChI is InChI=1S/C21H19N2/c1-16-20-11-7-6-8-18(20)12-13-21(16)23-15-14-22(17(23)2)19-9-4-3-5-10-19/h3-15H,1-2H3/q+1. The number of imidazole rings is 1. The van der Waals surface area contributed by atoms with E-state index in [1.54, 1.807) is 0 Å². The lowest BCUT2D eigenvalue weighted by atomic mass is 10.0. The maximum atomic E-state index is 2.26. The summed E-state index contributed by atoms with van der Waals surface area (Å²) in [5, 5.41) is 2.60. The van der Waals surface area contributed by atoms with Gasteiger partial charge in [-0.05, 0) is 35.9 Å². The van der Waals surface area contributed by atoms with Crippen molar-refractivity contribution in [3.8, 4) is 11.4 Å². The molecule has 0 unspecified atom stereocenters. The van der Waals surface area contributed by atoms with Gasteiger partial charge in [-0.15, -0.1) is 0 Å². The number of hydrogen-bond acceptors (Lipinski definition) is 0. The number of rotatable bonds is 2. The quantitative estimate of drug-likeness (QED) is 0.481. The molecule has 2 heteroatoms. The summed E-state index contributed by atoms with van der Waals surface area (Å²) in [5.74, 6) is 1.19. The van der Waals surface area contributed by atoms with Gasteiger partial charge in [0.15, 0.2) is 0 Å². The number of aryl methyl sites for hydroxylation is 1. The summed E-state index contributed by atoms with van der Waals surface area (Å²) in [6.07, 6.45) is 4.26. The van der Waals surface area contributed by atoms with Crippen LogP contribution in [0.4, 0.5) is 0 Å². The van der Waals surface area contributed by atoms with Crippen LogP contribution >= 0.6 is 0 Å². The maximum Gasteiger partial charge on any atom is 0.263 e. The van der Waals surface area contributed by atoms with Gasteiger partial charge in [0.2, 0.25) is 0 Å². The Balaban J connectivity index is 1.89. The first kappa shape index (κ1) is 13.8. The Bertz CT molecular complexity index is 981. The van der Waals surface area contributed by atoms with Crippen LogP contribution in [0.3, 0.4) is 0 Å². The predicted molar refractivity (Wildman–Crippen MR) is 94.3 cm³/mol. The fourth-order valence-electron chi connectivity index (χ4n) is 3.26. The van der Waals surface area contributed by atoms with Crippen LogP contribution in [-0.4, -0.2) is 4.57 Å². The third-order valence-corrected chi connectivity index (χ3v) is 4.53. The Kier molecular flexibility index (Phi) is 3.23. The number of aromatic nitrogens is 2. The molecule has 4 aromatic rings. The van der Waals surface area contributed by atoms with E-state index in [0.717, 1.165) is 0 Å². The summed E-state index contributed by atoms with van der Waals surface area (Å²) < 4.78 is 4.48. The average molecular weight is 299 g/mol. The minimum atomic E-state index is 1.18. The molecular weight excluding hydrogens is 280 g/mol. The zero-order valence-electron chi connectivity index (χ0n) is 13.4. The Labute approximate surface area is 136 Å². The minimum absolute atomic E-state index is 1.18. The highest BCUT2D eigenvalue weighted by atomic mass is 15.1. The van der Waals surface area contributed by atoms with Gasteiger partial charge in [-0.2, -0.15) is 9.13 Å². The molecule has 1 heterocycles. The van der Waals surface area contributed by atoms with E-state index in [9.17, 15) is 0 Å². The third kappa shape index (κ3) is 2.23. The highest BCUT2D eigenvalue weighted by molar-refractivity contribution is 5.87. The topological polar surface area (TPSA) is 8.81 Å². The van der Waals surface area contributed by atoms with E-state index in [1.807, 2.05) is 6.07 Å². The lowest BCUT2D eigenvalue weighted by Gasteiger charge is -2.07. The van der Waals surface area contributed by atoms with Crippen molar-refractivity contribution in [1.82, 2.24) is 4.57 Å². The summed E-state index contributed by atoms with van der Waals surface area (Å²) in [4.78, 5) is 0. The molecule has 0 aliphatic carbocycles. The maximum absolute atomic E-state index is 2.26. The summed E-state index contributed by atoms with van der Waals surface area (Å²) in [7, 11) is 0. The normalized spacial score (nSPS) is 11.0. The van der Waals surface area contributed by atoms with E-state index in [0.29, 0.717) is 0 Å². The molecule has 0 N–H and O–H groups in total. The van der Waals surface area contributed by atoms with E-state index < -0.39 is 0 Å². The van der Waals surface area contributed by atoms with Gasteiger partial charge in [-0.1, -0.05) is 48.5 Å². The van der Waals surface area contributed by atoms with Gasteiger partial charge in [-0.3, -0.25) is 0 Å². The Hall–Kier alpha value is -2.87. The summed E-state index contributed by atoms with van der Waals surface area (Å²) >= 11 is 0. The predicted octanol–water partition coefficient (Wildman–Crippen LogP) is 4.52. The fourth-order valence-corrected chi connectivity index (χ4v) is 3.26. The van der Waals surface area contributed by atoms with Crippen LogP contribution in [0.2, 0.25) is 0 Å². The van der Waals surface area contributed by atoms with Crippen molar-refractivity contribution in [3.63, 3.8) is 0 Å². The first-order valence-electron chi connectivity index (χ1n) is 7.89. The highest BCUT2D eigenvalue weighted by Gasteiger charge is 2.18. The van der Waals surface area contributed by atoms with Crippen molar-refractivity contribution < 1.29 is 4.57 Å². The van der Waals surface area contributed by atoms with Crippen molar-refractivity contribution in [2.75, 3.05) is 0 Å². The molecule has 23 heavy (non-hydrogen) atoms. The lowest BCUT2D eigenvalue weighted by molar-refractivity contribution is -0.602. The van der Waals surface area contributed by atoms with E-state index in [4.69, 9.17) is 0 Å². The minimum Gasteiger partial charge on any atom is -0.200 e. The Morgan fingerprint density at radius 2 is 1.52 bits per heavy atom. The van der Waals surface area contributed by atoms with Crippen molar-refractivity contribution in [2.24, 2.45) is 0 Å². The number of nitrogens with zero attached hydrogens (tertiary/aromatic N) is 2. The van der Waals surface area contributed by atoms with Crippen molar-refractivity contribution >= 4 is 10.8 Å². The summed E-state index contributed by atoms with van der Waals surface area (Å²) in [6, 6.07) is 23.4. The first-order chi connectivity index (χ1) is 11.3. The molecule has 0 bridgehead atoms. The summed E-state index contributed by atoms with van der Waals surface area (Å²) in [5.41, 5.74) is 3.72. The monoisotopic (exact) mass is 299 g/mol. The first-order valence-corrected chi connectivity index (χ1v) is 7.89. The summed E-state index contributed by atoms with van der Waals surface area (Å²) in [6.45, 7) is 4.35. The average Bonchev–Trinajstić information content (AvgIpc) is 2.98. The van der Waals surface area contributed by atoms with Gasteiger partial charge in [-0.25, -0.2) is 0 Å². The van der Waals surface area contributed by atoms with Crippen LogP contribution in [0.5, 0.6) is 0 Å². The van der Waals surface area contributed by atoms with Crippen LogP contribution in [-0.2, 0) is 0 Å². The van der Waals surface area contributed by atoms with Crippen LogP contribution < -0.4 is 4.57 Å². The molecule has 1 aromatic heterocycles. The van der Waals surface area contributed by atoms with E-state index in [-0.39, 0.29) is 0 Å². The number of hydrogen-bond donors (Lipinski definition) is 0. The number of fused-ring (bicyclic) bond motifs is 1. The molecule has 3 aromatic carbocycles. The molecular formula is C21H19N2+. The van der Waals surface area contributed by atoms with Crippen molar-refractivity contribution in [3.05, 3.63) is 90.5 Å². The van der Waals surface area contributed by atoms with Gasteiger partial charge in [0.25, 0.3) is 5.82 Å². The second-order valence-corrected chi connectivity index (χ2v) is 5.85. The third-order valence-electron chi connectivity index (χ3n) is 4.53. The molecule has 0 fully saturated rings. The lowest BCUT2D eigenvalue weighted by Crippen LogP contribution is -2.33. The molecule has 112 valence electrons. The Morgan fingerprint density at radius 1 is 0.783 bits per heavy atom. The Morgan fingerprint density at radius 3 is 2.35 bits per heavy atom. The largest absolute Gasteiger partial charge is 0.263 e. The second kappa shape index (κ2) is 5.40. The van der Waals surface area contributed by atoms with Gasteiger partial charge in [0.05, 0.1) is 0 Å². The number of benzene rings is 3. The molecule has 0 saturated heterocycles. The van der Waals surface area contributed by atoms with Crippen LogP contribution in [0.15, 0.2) is 79.1 Å². The molecule has 0 radical (unpaired) electrons. The number of para-hydroxylation sites is 1. The molecule has 4 rings (SSSR count). The molecule has 0 amide bonds. The molecule has 0 aliphatic heterocycles. The molecule has 0 atom stereocenters. The molecule has 0 saturated carbocycles. The van der Waals surface area contributed by atoms with Crippen LogP contribution in [0.1, 0.15) is 11.4 Å². The van der Waals surface area contributed by atoms with Crippen LogP contribution in [0, 0.1) is 13.8 Å².